The van der Waals surface area contributed by atoms with E-state index in [-0.39, 0.29) is 17.9 Å². The molecule has 1 amide bonds. The van der Waals surface area contributed by atoms with Gasteiger partial charge in [0.2, 0.25) is 5.91 Å². The van der Waals surface area contributed by atoms with E-state index in [9.17, 15) is 4.79 Å². The molecule has 1 aromatic carbocycles. The second-order valence-electron chi connectivity index (χ2n) is 5.63. The van der Waals surface area contributed by atoms with Gasteiger partial charge in [-0.25, -0.2) is 0 Å². The topological polar surface area (TPSA) is 55.6 Å². The van der Waals surface area contributed by atoms with Crippen LogP contribution in [0.3, 0.4) is 0 Å². The predicted molar refractivity (Wildman–Crippen MR) is 82.2 cm³/mol. The number of carbonyl (C=O) groups is 1. The summed E-state index contributed by atoms with van der Waals surface area (Å²) in [7, 11) is 1.66. The summed E-state index contributed by atoms with van der Waals surface area (Å²) in [5, 5.41) is 0. The number of hydrogen-bond donors (Lipinski definition) is 1. The summed E-state index contributed by atoms with van der Waals surface area (Å²) in [6.45, 7) is 7.30. The molecular weight excluding hydrogens is 252 g/mol. The van der Waals surface area contributed by atoms with Crippen LogP contribution >= 0.6 is 0 Å². The van der Waals surface area contributed by atoms with Gasteiger partial charge >= 0.3 is 0 Å². The minimum absolute atomic E-state index is 0.159. The Morgan fingerprint density at radius 1 is 1.35 bits per heavy atom. The van der Waals surface area contributed by atoms with Gasteiger partial charge < -0.3 is 15.4 Å². The quantitative estimate of drug-likeness (QED) is 0.780. The number of carbonyl (C=O) groups excluding carboxylic acids is 1. The number of amides is 1. The third-order valence-electron chi connectivity index (χ3n) is 3.22. The molecule has 0 aliphatic heterocycles. The van der Waals surface area contributed by atoms with Crippen LogP contribution in [0.25, 0.3) is 0 Å². The largest absolute Gasteiger partial charge is 0.399 e. The summed E-state index contributed by atoms with van der Waals surface area (Å²) < 4.78 is 5.09. The van der Waals surface area contributed by atoms with Gasteiger partial charge in [0, 0.05) is 38.4 Å². The highest BCUT2D eigenvalue weighted by Gasteiger charge is 2.19. The summed E-state index contributed by atoms with van der Waals surface area (Å²) in [5.41, 5.74) is 7.58. The molecular formula is C16H26N2O2. The summed E-state index contributed by atoms with van der Waals surface area (Å²) in [5.74, 6) is 0.390. The molecule has 1 rings (SSSR count). The lowest BCUT2D eigenvalue weighted by Gasteiger charge is -2.28. The highest BCUT2D eigenvalue weighted by molar-refractivity contribution is 5.76. The first-order valence-corrected chi connectivity index (χ1v) is 7.06. The smallest absolute Gasteiger partial charge is 0.223 e. The Bertz CT molecular complexity index is 432. The molecule has 4 nitrogen and oxygen atoms in total. The fourth-order valence-corrected chi connectivity index (χ4v) is 2.21. The first-order chi connectivity index (χ1) is 9.43. The van der Waals surface area contributed by atoms with E-state index in [1.807, 2.05) is 49.9 Å². The number of nitrogens with two attached hydrogens (primary N) is 1. The van der Waals surface area contributed by atoms with Gasteiger partial charge in [-0.1, -0.05) is 19.1 Å². The third-order valence-corrected chi connectivity index (χ3v) is 3.22. The molecule has 0 aliphatic carbocycles. The molecule has 20 heavy (non-hydrogen) atoms. The van der Waals surface area contributed by atoms with Crippen LogP contribution in [-0.2, 0) is 16.1 Å². The van der Waals surface area contributed by atoms with E-state index in [0.717, 1.165) is 11.3 Å². The molecule has 1 unspecified atom stereocenters. The van der Waals surface area contributed by atoms with E-state index in [1.54, 1.807) is 7.11 Å². The SMILES string of the molecule is COCC(C)CC(=O)N(Cc1cccc(N)c1)C(C)C. The normalized spacial score (nSPS) is 12.4. The Hall–Kier alpha value is -1.55. The molecule has 1 aromatic rings. The molecule has 0 radical (unpaired) electrons. The summed E-state index contributed by atoms with van der Waals surface area (Å²) in [4.78, 5) is 14.3. The summed E-state index contributed by atoms with van der Waals surface area (Å²) in [6.07, 6.45) is 0.508. The van der Waals surface area contributed by atoms with Crippen molar-refractivity contribution in [3.8, 4) is 0 Å². The van der Waals surface area contributed by atoms with Crippen molar-refractivity contribution >= 4 is 11.6 Å². The molecule has 0 spiro atoms. The van der Waals surface area contributed by atoms with Crippen molar-refractivity contribution in [2.45, 2.75) is 39.8 Å². The molecule has 2 N–H and O–H groups in total. The first-order valence-electron chi connectivity index (χ1n) is 7.06. The Labute approximate surface area is 121 Å². The maximum atomic E-state index is 12.4. The summed E-state index contributed by atoms with van der Waals surface area (Å²) >= 11 is 0. The van der Waals surface area contributed by atoms with Crippen molar-refractivity contribution in [1.29, 1.82) is 0 Å². The van der Waals surface area contributed by atoms with Crippen LogP contribution in [0.2, 0.25) is 0 Å². The van der Waals surface area contributed by atoms with E-state index in [0.29, 0.717) is 19.6 Å². The zero-order valence-corrected chi connectivity index (χ0v) is 12.9. The van der Waals surface area contributed by atoms with Crippen molar-refractivity contribution in [1.82, 2.24) is 4.90 Å². The minimum atomic E-state index is 0.159. The monoisotopic (exact) mass is 278 g/mol. The number of hydrogen-bond acceptors (Lipinski definition) is 3. The van der Waals surface area contributed by atoms with E-state index in [2.05, 4.69) is 0 Å². The van der Waals surface area contributed by atoms with E-state index < -0.39 is 0 Å². The number of ether oxygens (including phenoxy) is 1. The van der Waals surface area contributed by atoms with Crippen molar-refractivity contribution in [2.75, 3.05) is 19.5 Å². The molecule has 0 bridgehead atoms. The highest BCUT2D eigenvalue weighted by Crippen LogP contribution is 2.15. The number of benzene rings is 1. The maximum Gasteiger partial charge on any atom is 0.223 e. The Morgan fingerprint density at radius 2 is 2.05 bits per heavy atom. The van der Waals surface area contributed by atoms with Crippen LogP contribution in [0, 0.1) is 5.92 Å². The van der Waals surface area contributed by atoms with Gasteiger partial charge in [0.25, 0.3) is 0 Å². The second kappa shape index (κ2) is 7.90. The molecule has 0 heterocycles. The lowest BCUT2D eigenvalue weighted by atomic mass is 10.1. The number of methoxy groups -OCH3 is 1. The zero-order chi connectivity index (χ0) is 15.1. The van der Waals surface area contributed by atoms with Gasteiger partial charge in [-0.3, -0.25) is 4.79 Å². The molecule has 0 fully saturated rings. The predicted octanol–water partition coefficient (Wildman–Crippen LogP) is 2.68. The third kappa shape index (κ3) is 5.21. The fourth-order valence-electron chi connectivity index (χ4n) is 2.21. The molecule has 1 atom stereocenters. The Morgan fingerprint density at radius 3 is 2.60 bits per heavy atom. The highest BCUT2D eigenvalue weighted by atomic mass is 16.5. The Balaban J connectivity index is 2.71. The minimum Gasteiger partial charge on any atom is -0.399 e. The van der Waals surface area contributed by atoms with Crippen LogP contribution in [0.1, 0.15) is 32.8 Å². The van der Waals surface area contributed by atoms with Crippen molar-refractivity contribution in [3.05, 3.63) is 29.8 Å². The van der Waals surface area contributed by atoms with Gasteiger partial charge in [-0.05, 0) is 37.5 Å². The number of nitrogen functional groups attached to an aromatic ring is 1. The van der Waals surface area contributed by atoms with Crippen LogP contribution < -0.4 is 5.73 Å². The van der Waals surface area contributed by atoms with Gasteiger partial charge in [-0.15, -0.1) is 0 Å². The number of rotatable bonds is 7. The average molecular weight is 278 g/mol. The lowest BCUT2D eigenvalue weighted by molar-refractivity contribution is -0.134. The van der Waals surface area contributed by atoms with Crippen LogP contribution in [0.4, 0.5) is 5.69 Å². The molecule has 112 valence electrons. The van der Waals surface area contributed by atoms with Gasteiger partial charge in [0.1, 0.15) is 0 Å². The van der Waals surface area contributed by atoms with E-state index in [1.165, 1.54) is 0 Å². The van der Waals surface area contributed by atoms with E-state index >= 15 is 0 Å². The van der Waals surface area contributed by atoms with E-state index in [4.69, 9.17) is 10.5 Å². The lowest BCUT2D eigenvalue weighted by Crippen LogP contribution is -2.37. The number of anilines is 1. The van der Waals surface area contributed by atoms with Crippen molar-refractivity contribution < 1.29 is 9.53 Å². The molecule has 0 aromatic heterocycles. The van der Waals surface area contributed by atoms with Gasteiger partial charge in [-0.2, -0.15) is 0 Å². The average Bonchev–Trinajstić information content (AvgIpc) is 2.35. The Kier molecular flexibility index (Phi) is 6.52. The zero-order valence-electron chi connectivity index (χ0n) is 12.9. The van der Waals surface area contributed by atoms with Crippen LogP contribution in [-0.4, -0.2) is 30.6 Å². The van der Waals surface area contributed by atoms with Gasteiger partial charge in [0.15, 0.2) is 0 Å². The fraction of sp³-hybridized carbons (Fsp3) is 0.562. The maximum absolute atomic E-state index is 12.4. The van der Waals surface area contributed by atoms with Crippen LogP contribution in [0.15, 0.2) is 24.3 Å². The molecule has 0 saturated heterocycles. The molecule has 0 aliphatic rings. The molecule has 4 heteroatoms. The summed E-state index contributed by atoms with van der Waals surface area (Å²) in [6, 6.07) is 7.85. The van der Waals surface area contributed by atoms with Gasteiger partial charge in [0.05, 0.1) is 0 Å². The standard InChI is InChI=1S/C16H26N2O2/c1-12(2)18(16(19)8-13(3)11-20-4)10-14-6-5-7-15(17)9-14/h5-7,9,12-13H,8,10-11,17H2,1-4H3. The number of nitrogens with zero attached hydrogens (tertiary/aromatic N) is 1. The second-order valence-corrected chi connectivity index (χ2v) is 5.63. The first kappa shape index (κ1) is 16.5. The molecule has 0 saturated carbocycles. The van der Waals surface area contributed by atoms with Crippen molar-refractivity contribution in [3.63, 3.8) is 0 Å². The van der Waals surface area contributed by atoms with Crippen LogP contribution in [0.5, 0.6) is 0 Å². The van der Waals surface area contributed by atoms with Crippen molar-refractivity contribution in [2.24, 2.45) is 5.92 Å².